The molecule has 0 saturated carbocycles. The maximum atomic E-state index is 8.74. The van der Waals surface area contributed by atoms with Gasteiger partial charge in [0.1, 0.15) is 0 Å². The highest BCUT2D eigenvalue weighted by molar-refractivity contribution is 7.79. The van der Waals surface area contributed by atoms with Crippen LogP contribution in [-0.2, 0) is 10.4 Å². The molecule has 0 aliphatic heterocycles. The summed E-state index contributed by atoms with van der Waals surface area (Å²) in [6, 6.07) is 0. The fourth-order valence-corrected chi connectivity index (χ4v) is 1.71. The summed E-state index contributed by atoms with van der Waals surface area (Å²) in [4.78, 5) is 0. The van der Waals surface area contributed by atoms with Gasteiger partial charge in [-0.2, -0.15) is 8.42 Å². The van der Waals surface area contributed by atoms with Gasteiger partial charge in [0.25, 0.3) is 0 Å². The Morgan fingerprint density at radius 3 is 1.47 bits per heavy atom. The third-order valence-electron chi connectivity index (χ3n) is 2.67. The molecule has 0 spiro atoms. The van der Waals surface area contributed by atoms with Gasteiger partial charge in [-0.3, -0.25) is 9.11 Å². The molecular weight excluding hydrogens is 264 g/mol. The molecule has 114 valence electrons. The van der Waals surface area contributed by atoms with Crippen LogP contribution in [0, 0.1) is 12.3 Å². The highest BCUT2D eigenvalue weighted by Gasteiger charge is 1.91. The Morgan fingerprint density at radius 1 is 0.842 bits per heavy atom. The molecule has 0 aromatic carbocycles. The Labute approximate surface area is 118 Å². The fourth-order valence-electron chi connectivity index (χ4n) is 1.71. The van der Waals surface area contributed by atoms with Gasteiger partial charge in [-0.1, -0.05) is 64.7 Å². The second-order valence-corrected chi connectivity index (χ2v) is 5.48. The van der Waals surface area contributed by atoms with Crippen LogP contribution in [0.25, 0.3) is 0 Å². The van der Waals surface area contributed by atoms with E-state index in [1.54, 1.807) is 0 Å². The smallest absolute Gasteiger partial charge is 0.264 e. The Kier molecular flexibility index (Phi) is 16.9. The summed E-state index contributed by atoms with van der Waals surface area (Å²) in [5.74, 6) is 2.69. The Hall–Kier alpha value is -0.570. The maximum Gasteiger partial charge on any atom is 0.394 e. The van der Waals surface area contributed by atoms with Crippen LogP contribution >= 0.6 is 0 Å². The molecule has 0 amide bonds. The minimum atomic E-state index is -4.67. The molecular formula is C14H28O4S. The Balaban J connectivity index is 0. The van der Waals surface area contributed by atoms with Gasteiger partial charge < -0.3 is 0 Å². The predicted octanol–water partition coefficient (Wildman–Crippen LogP) is 4.28. The van der Waals surface area contributed by atoms with Crippen LogP contribution in [0.1, 0.15) is 77.6 Å². The third-order valence-corrected chi connectivity index (χ3v) is 2.67. The van der Waals surface area contributed by atoms with Gasteiger partial charge in [0.2, 0.25) is 0 Å². The molecule has 2 N–H and O–H groups in total. The lowest BCUT2D eigenvalue weighted by molar-refractivity contribution is 0.381. The summed E-state index contributed by atoms with van der Waals surface area (Å²) in [7, 11) is -4.67. The van der Waals surface area contributed by atoms with E-state index in [0.29, 0.717) is 0 Å². The van der Waals surface area contributed by atoms with Gasteiger partial charge in [-0.15, -0.1) is 12.3 Å². The number of terminal acetylenes is 1. The Bertz CT molecular complexity index is 296. The number of rotatable bonds is 10. The summed E-state index contributed by atoms with van der Waals surface area (Å²) in [5, 5.41) is 0. The summed E-state index contributed by atoms with van der Waals surface area (Å²) in [6.45, 7) is 2.27. The molecule has 0 aliphatic rings. The van der Waals surface area contributed by atoms with Crippen molar-refractivity contribution in [3.8, 4) is 12.3 Å². The summed E-state index contributed by atoms with van der Waals surface area (Å²) < 4.78 is 31.6. The van der Waals surface area contributed by atoms with Crippen LogP contribution in [0.2, 0.25) is 0 Å². The molecule has 0 aromatic heterocycles. The average molecular weight is 292 g/mol. The van der Waals surface area contributed by atoms with E-state index in [1.807, 2.05) is 0 Å². The molecule has 5 heteroatoms. The highest BCUT2D eigenvalue weighted by Crippen LogP contribution is 2.10. The van der Waals surface area contributed by atoms with Crippen LogP contribution in [0.4, 0.5) is 0 Å². The fraction of sp³-hybridized carbons (Fsp3) is 0.857. The van der Waals surface area contributed by atoms with Gasteiger partial charge in [0.05, 0.1) is 0 Å². The van der Waals surface area contributed by atoms with Gasteiger partial charge in [0.15, 0.2) is 0 Å². The minimum Gasteiger partial charge on any atom is -0.264 e. The van der Waals surface area contributed by atoms with Crippen molar-refractivity contribution in [2.45, 2.75) is 77.6 Å². The van der Waals surface area contributed by atoms with Crippen molar-refractivity contribution >= 4 is 10.4 Å². The van der Waals surface area contributed by atoms with Crippen molar-refractivity contribution < 1.29 is 17.5 Å². The molecule has 4 nitrogen and oxygen atoms in total. The first kappa shape index (κ1) is 20.7. The lowest BCUT2D eigenvalue weighted by Gasteiger charge is -2.00. The van der Waals surface area contributed by atoms with Crippen LogP contribution in [0.5, 0.6) is 0 Å². The second kappa shape index (κ2) is 15.5. The van der Waals surface area contributed by atoms with E-state index < -0.39 is 10.4 Å². The molecule has 0 unspecified atom stereocenters. The van der Waals surface area contributed by atoms with Crippen LogP contribution in [-0.4, -0.2) is 17.5 Å². The van der Waals surface area contributed by atoms with E-state index in [0.717, 1.165) is 6.42 Å². The zero-order valence-corrected chi connectivity index (χ0v) is 12.8. The van der Waals surface area contributed by atoms with E-state index >= 15 is 0 Å². The first-order chi connectivity index (χ1) is 8.91. The number of hydrogen-bond donors (Lipinski definition) is 2. The normalized spacial score (nSPS) is 10.4. The SMILES string of the molecule is C#CCCCCCCCCCCCC.O=S(=O)(O)O. The molecule has 0 saturated heterocycles. The molecule has 0 bridgehead atoms. The monoisotopic (exact) mass is 292 g/mol. The lowest BCUT2D eigenvalue weighted by atomic mass is 10.1. The van der Waals surface area contributed by atoms with Crippen molar-refractivity contribution in [2.24, 2.45) is 0 Å². The molecule has 0 heterocycles. The zero-order valence-electron chi connectivity index (χ0n) is 12.0. The zero-order chi connectivity index (χ0) is 15.0. The predicted molar refractivity (Wildman–Crippen MR) is 79.5 cm³/mol. The lowest BCUT2D eigenvalue weighted by Crippen LogP contribution is -1.89. The average Bonchev–Trinajstić information content (AvgIpc) is 2.29. The van der Waals surface area contributed by atoms with E-state index in [1.165, 1.54) is 64.2 Å². The molecule has 0 atom stereocenters. The number of hydrogen-bond acceptors (Lipinski definition) is 2. The van der Waals surface area contributed by atoms with E-state index in [9.17, 15) is 0 Å². The van der Waals surface area contributed by atoms with Crippen molar-refractivity contribution in [3.05, 3.63) is 0 Å². The first-order valence-electron chi connectivity index (χ1n) is 7.05. The van der Waals surface area contributed by atoms with Crippen molar-refractivity contribution in [1.29, 1.82) is 0 Å². The second-order valence-electron chi connectivity index (χ2n) is 4.58. The molecule has 0 fully saturated rings. The summed E-state index contributed by atoms with van der Waals surface area (Å²) >= 11 is 0. The van der Waals surface area contributed by atoms with E-state index in [2.05, 4.69) is 12.8 Å². The molecule has 0 radical (unpaired) electrons. The van der Waals surface area contributed by atoms with Crippen molar-refractivity contribution in [1.82, 2.24) is 0 Å². The first-order valence-corrected chi connectivity index (χ1v) is 8.44. The quantitative estimate of drug-likeness (QED) is 0.358. The van der Waals surface area contributed by atoms with Crippen molar-refractivity contribution in [2.75, 3.05) is 0 Å². The Morgan fingerprint density at radius 2 is 1.16 bits per heavy atom. The van der Waals surface area contributed by atoms with Crippen LogP contribution in [0.3, 0.4) is 0 Å². The molecule has 0 aromatic rings. The largest absolute Gasteiger partial charge is 0.394 e. The minimum absolute atomic E-state index is 0.969. The van der Waals surface area contributed by atoms with Gasteiger partial charge in [-0.05, 0) is 6.42 Å². The van der Waals surface area contributed by atoms with Crippen LogP contribution in [0.15, 0.2) is 0 Å². The van der Waals surface area contributed by atoms with E-state index in [4.69, 9.17) is 23.9 Å². The van der Waals surface area contributed by atoms with Gasteiger partial charge in [-0.25, -0.2) is 0 Å². The topological polar surface area (TPSA) is 74.6 Å². The third kappa shape index (κ3) is 38.1. The molecule has 0 aliphatic carbocycles. The standard InChI is InChI=1S/C14H26.H2O4S/c1-3-5-7-9-11-13-14-12-10-8-6-4-2;1-5(2,3)4/h1H,4-14H2,2H3;(H2,1,2,3,4). The summed E-state index contributed by atoms with van der Waals surface area (Å²) in [6.07, 6.45) is 20.0. The number of unbranched alkanes of at least 4 members (excludes halogenated alkanes) is 10. The van der Waals surface area contributed by atoms with Crippen molar-refractivity contribution in [3.63, 3.8) is 0 Å². The van der Waals surface area contributed by atoms with Gasteiger partial charge >= 0.3 is 10.4 Å². The van der Waals surface area contributed by atoms with E-state index in [-0.39, 0.29) is 0 Å². The summed E-state index contributed by atoms with van der Waals surface area (Å²) in [5.41, 5.74) is 0. The molecule has 0 rings (SSSR count). The van der Waals surface area contributed by atoms with Crippen LogP contribution < -0.4 is 0 Å². The maximum absolute atomic E-state index is 8.74. The molecule has 19 heavy (non-hydrogen) atoms. The van der Waals surface area contributed by atoms with Gasteiger partial charge in [0, 0.05) is 6.42 Å². The highest BCUT2D eigenvalue weighted by atomic mass is 32.3.